The van der Waals surface area contributed by atoms with Crippen molar-refractivity contribution in [1.29, 1.82) is 0 Å². The minimum atomic E-state index is -0.337. The predicted octanol–water partition coefficient (Wildman–Crippen LogP) is 2.47. The summed E-state index contributed by atoms with van der Waals surface area (Å²) in [5.74, 6) is 1.27. The molecule has 2 fully saturated rings. The van der Waals surface area contributed by atoms with Crippen LogP contribution in [0.15, 0.2) is 18.2 Å². The molecule has 3 rings (SSSR count). The predicted molar refractivity (Wildman–Crippen MR) is 78.9 cm³/mol. The van der Waals surface area contributed by atoms with Crippen LogP contribution in [0.4, 0.5) is 11.4 Å². The summed E-state index contributed by atoms with van der Waals surface area (Å²) in [5, 5.41) is 10.8. The lowest BCUT2D eigenvalue weighted by Gasteiger charge is -2.29. The third-order valence-electron chi connectivity index (χ3n) is 4.89. The maximum absolute atomic E-state index is 10.8. The molecule has 1 aromatic rings. The van der Waals surface area contributed by atoms with E-state index in [0.29, 0.717) is 17.9 Å². The van der Waals surface area contributed by atoms with Crippen molar-refractivity contribution in [3.8, 4) is 0 Å². The van der Waals surface area contributed by atoms with Crippen LogP contribution in [0.3, 0.4) is 0 Å². The second-order valence-electron chi connectivity index (χ2n) is 6.15. The van der Waals surface area contributed by atoms with E-state index in [0.717, 1.165) is 30.8 Å². The lowest BCUT2D eigenvalue weighted by atomic mass is 9.78. The summed E-state index contributed by atoms with van der Waals surface area (Å²) in [6, 6.07) is 5.47. The van der Waals surface area contributed by atoms with Crippen molar-refractivity contribution >= 4 is 11.4 Å². The Morgan fingerprint density at radius 2 is 2.15 bits per heavy atom. The Morgan fingerprint density at radius 1 is 1.35 bits per heavy atom. The van der Waals surface area contributed by atoms with E-state index in [1.54, 1.807) is 12.1 Å². The summed E-state index contributed by atoms with van der Waals surface area (Å²) in [6.07, 6.45) is 3.63. The minimum absolute atomic E-state index is 0.166. The monoisotopic (exact) mass is 275 g/mol. The Balaban J connectivity index is 1.82. The number of nitrogens with two attached hydrogens (primary N) is 1. The van der Waals surface area contributed by atoms with E-state index >= 15 is 0 Å². The topological polar surface area (TPSA) is 72.4 Å². The van der Waals surface area contributed by atoms with Crippen molar-refractivity contribution in [2.24, 2.45) is 17.6 Å². The summed E-state index contributed by atoms with van der Waals surface area (Å²) in [5.41, 5.74) is 8.51. The van der Waals surface area contributed by atoms with E-state index in [1.165, 1.54) is 12.8 Å². The highest BCUT2D eigenvalue weighted by molar-refractivity contribution is 5.58. The normalized spacial score (nSPS) is 29.3. The van der Waals surface area contributed by atoms with Gasteiger partial charge >= 0.3 is 0 Å². The third kappa shape index (κ3) is 2.26. The van der Waals surface area contributed by atoms with Crippen molar-refractivity contribution in [3.05, 3.63) is 33.9 Å². The summed E-state index contributed by atoms with van der Waals surface area (Å²) >= 11 is 0. The largest absolute Gasteiger partial charge is 0.371 e. The van der Waals surface area contributed by atoms with Gasteiger partial charge in [-0.1, -0.05) is 6.42 Å². The molecule has 0 amide bonds. The molecule has 0 spiro atoms. The van der Waals surface area contributed by atoms with Gasteiger partial charge in [-0.2, -0.15) is 0 Å². The first-order valence-electron chi connectivity index (χ1n) is 7.32. The van der Waals surface area contributed by atoms with E-state index in [4.69, 9.17) is 5.73 Å². The molecule has 0 aromatic heterocycles. The van der Waals surface area contributed by atoms with E-state index in [-0.39, 0.29) is 10.6 Å². The average Bonchev–Trinajstić information content (AvgIpc) is 2.83. The number of rotatable bonds is 2. The van der Waals surface area contributed by atoms with Crippen LogP contribution in [0.1, 0.15) is 24.8 Å². The number of hydrogen-bond acceptors (Lipinski definition) is 4. The molecule has 1 saturated heterocycles. The summed E-state index contributed by atoms with van der Waals surface area (Å²) in [4.78, 5) is 12.8. The summed E-state index contributed by atoms with van der Waals surface area (Å²) in [6.45, 7) is 3.98. The molecule has 2 aliphatic rings. The zero-order valence-corrected chi connectivity index (χ0v) is 11.8. The molecule has 3 unspecified atom stereocenters. The first kappa shape index (κ1) is 13.4. The van der Waals surface area contributed by atoms with Crippen LogP contribution in [0, 0.1) is 28.9 Å². The lowest BCUT2D eigenvalue weighted by molar-refractivity contribution is -0.384. The number of fused-ring (bicyclic) bond motifs is 1. The highest BCUT2D eigenvalue weighted by Gasteiger charge is 2.39. The van der Waals surface area contributed by atoms with E-state index in [9.17, 15) is 10.1 Å². The molecular formula is C15H21N3O2. The average molecular weight is 275 g/mol. The maximum atomic E-state index is 10.8. The van der Waals surface area contributed by atoms with Crippen LogP contribution in [-0.2, 0) is 0 Å². The van der Waals surface area contributed by atoms with Crippen LogP contribution < -0.4 is 10.6 Å². The number of aryl methyl sites for hydroxylation is 1. The van der Waals surface area contributed by atoms with Gasteiger partial charge in [-0.25, -0.2) is 0 Å². The number of hydrogen-bond donors (Lipinski definition) is 1. The van der Waals surface area contributed by atoms with Crippen LogP contribution in [-0.4, -0.2) is 24.1 Å². The van der Waals surface area contributed by atoms with E-state index in [1.807, 2.05) is 13.0 Å². The number of nitro benzene ring substituents is 1. The number of benzene rings is 1. The van der Waals surface area contributed by atoms with Gasteiger partial charge in [-0.3, -0.25) is 10.1 Å². The van der Waals surface area contributed by atoms with Gasteiger partial charge in [-0.05, 0) is 43.2 Å². The van der Waals surface area contributed by atoms with E-state index < -0.39 is 0 Å². The van der Waals surface area contributed by atoms with Crippen LogP contribution >= 0.6 is 0 Å². The first-order valence-corrected chi connectivity index (χ1v) is 7.32. The van der Waals surface area contributed by atoms with Gasteiger partial charge in [0.2, 0.25) is 0 Å². The molecule has 1 aromatic carbocycles. The van der Waals surface area contributed by atoms with Crippen molar-refractivity contribution in [2.75, 3.05) is 18.0 Å². The zero-order valence-electron chi connectivity index (χ0n) is 11.8. The fourth-order valence-electron chi connectivity index (χ4n) is 3.82. The van der Waals surface area contributed by atoms with Crippen LogP contribution in [0.25, 0.3) is 0 Å². The Hall–Kier alpha value is -1.62. The van der Waals surface area contributed by atoms with Gasteiger partial charge in [0.25, 0.3) is 5.69 Å². The van der Waals surface area contributed by atoms with Gasteiger partial charge in [0, 0.05) is 37.0 Å². The molecule has 3 atom stereocenters. The Bertz CT molecular complexity index is 532. The number of anilines is 1. The number of nitrogens with zero attached hydrogens (tertiary/aromatic N) is 2. The second-order valence-corrected chi connectivity index (χ2v) is 6.15. The zero-order chi connectivity index (χ0) is 14.3. The Morgan fingerprint density at radius 3 is 2.80 bits per heavy atom. The SMILES string of the molecule is Cc1cc([N+](=O)[O-])ccc1N1CC2CCCC(N)C2C1. The Kier molecular flexibility index (Phi) is 3.38. The molecule has 2 N–H and O–H groups in total. The first-order chi connectivity index (χ1) is 9.56. The van der Waals surface area contributed by atoms with Crippen LogP contribution in [0.5, 0.6) is 0 Å². The summed E-state index contributed by atoms with van der Waals surface area (Å²) in [7, 11) is 0. The molecule has 1 saturated carbocycles. The smallest absolute Gasteiger partial charge is 0.269 e. The molecule has 0 radical (unpaired) electrons. The fraction of sp³-hybridized carbons (Fsp3) is 0.600. The standard InChI is InChI=1S/C15H21N3O2/c1-10-7-12(18(19)20)5-6-15(10)17-8-11-3-2-4-14(16)13(11)9-17/h5-7,11,13-14H,2-4,8-9,16H2,1H3. The van der Waals surface area contributed by atoms with E-state index in [2.05, 4.69) is 4.90 Å². The lowest BCUT2D eigenvalue weighted by Crippen LogP contribution is -2.38. The Labute approximate surface area is 118 Å². The van der Waals surface area contributed by atoms with Gasteiger partial charge in [0.05, 0.1) is 4.92 Å². The molecule has 5 heteroatoms. The molecule has 1 heterocycles. The maximum Gasteiger partial charge on any atom is 0.269 e. The molecule has 1 aliphatic carbocycles. The minimum Gasteiger partial charge on any atom is -0.371 e. The number of nitro groups is 1. The summed E-state index contributed by atoms with van der Waals surface area (Å²) < 4.78 is 0. The molecule has 108 valence electrons. The van der Waals surface area contributed by atoms with Gasteiger partial charge in [-0.15, -0.1) is 0 Å². The molecule has 20 heavy (non-hydrogen) atoms. The van der Waals surface area contributed by atoms with Gasteiger partial charge in [0.15, 0.2) is 0 Å². The van der Waals surface area contributed by atoms with Crippen molar-refractivity contribution in [2.45, 2.75) is 32.2 Å². The van der Waals surface area contributed by atoms with Crippen molar-refractivity contribution in [3.63, 3.8) is 0 Å². The van der Waals surface area contributed by atoms with Crippen LogP contribution in [0.2, 0.25) is 0 Å². The highest BCUT2D eigenvalue weighted by atomic mass is 16.6. The van der Waals surface area contributed by atoms with Gasteiger partial charge in [0.1, 0.15) is 0 Å². The molecule has 5 nitrogen and oxygen atoms in total. The molecule has 0 bridgehead atoms. The molecule has 1 aliphatic heterocycles. The third-order valence-corrected chi connectivity index (χ3v) is 4.89. The van der Waals surface area contributed by atoms with Crippen molar-refractivity contribution < 1.29 is 4.92 Å². The number of non-ortho nitro benzene ring substituents is 1. The van der Waals surface area contributed by atoms with Crippen molar-refractivity contribution in [1.82, 2.24) is 0 Å². The second kappa shape index (κ2) is 5.05. The quantitative estimate of drug-likeness (QED) is 0.664. The fourth-order valence-corrected chi connectivity index (χ4v) is 3.82. The van der Waals surface area contributed by atoms with Gasteiger partial charge < -0.3 is 10.6 Å². The molecular weight excluding hydrogens is 254 g/mol. The highest BCUT2D eigenvalue weighted by Crippen LogP contribution is 2.38.